The predicted octanol–water partition coefficient (Wildman–Crippen LogP) is -0.306. The van der Waals surface area contributed by atoms with Crippen molar-refractivity contribution in [3.8, 4) is 0 Å². The van der Waals surface area contributed by atoms with Gasteiger partial charge in [-0.2, -0.15) is 0 Å². The lowest BCUT2D eigenvalue weighted by Gasteiger charge is -1.94. The van der Waals surface area contributed by atoms with E-state index in [9.17, 15) is 0 Å². The van der Waals surface area contributed by atoms with Crippen LogP contribution in [0.1, 0.15) is 5.69 Å². The Morgan fingerprint density at radius 1 is 1.75 bits per heavy atom. The number of nitrogens with two attached hydrogens (primary N) is 1. The molecule has 44 valence electrons. The van der Waals surface area contributed by atoms with Gasteiger partial charge in [0.15, 0.2) is 0 Å². The number of aromatic nitrogens is 1. The first kappa shape index (κ1) is 5.18. The zero-order chi connectivity index (χ0) is 5.98. The smallest absolute Gasteiger partial charge is 0.0852 e. The topological polar surface area (TPSA) is 51.2 Å². The van der Waals surface area contributed by atoms with Gasteiger partial charge in [0.2, 0.25) is 0 Å². The summed E-state index contributed by atoms with van der Waals surface area (Å²) in [6.45, 7) is 0.00347. The van der Waals surface area contributed by atoms with Crippen LogP contribution in [0, 0.1) is 0 Å². The maximum atomic E-state index is 8.51. The van der Waals surface area contributed by atoms with E-state index in [1.165, 1.54) is 4.68 Å². The molecule has 0 fully saturated rings. The quantitative estimate of drug-likeness (QED) is 0.490. The second-order valence-electron chi connectivity index (χ2n) is 1.56. The second-order valence-corrected chi connectivity index (χ2v) is 1.56. The summed E-state index contributed by atoms with van der Waals surface area (Å²) in [5.41, 5.74) is 0.727. The molecule has 3 N–H and O–H groups in total. The summed E-state index contributed by atoms with van der Waals surface area (Å²) in [5.74, 6) is 5.31. The third-order valence-corrected chi connectivity index (χ3v) is 1.03. The molecule has 1 aromatic rings. The van der Waals surface area contributed by atoms with Crippen molar-refractivity contribution in [1.82, 2.24) is 4.68 Å². The van der Waals surface area contributed by atoms with Crippen LogP contribution in [-0.4, -0.2) is 9.78 Å². The van der Waals surface area contributed by atoms with Crippen LogP contribution < -0.4 is 5.84 Å². The van der Waals surface area contributed by atoms with Crippen molar-refractivity contribution in [3.63, 3.8) is 0 Å². The van der Waals surface area contributed by atoms with E-state index in [1.807, 2.05) is 0 Å². The van der Waals surface area contributed by atoms with Crippen LogP contribution in [-0.2, 0) is 6.61 Å². The molecular weight excluding hydrogens is 104 g/mol. The number of aliphatic hydroxyl groups excluding tert-OH is 1. The summed E-state index contributed by atoms with van der Waals surface area (Å²) in [6, 6.07) is 3.55. The van der Waals surface area contributed by atoms with Crippen LogP contribution in [0.15, 0.2) is 18.3 Å². The molecule has 1 rings (SSSR count). The fourth-order valence-corrected chi connectivity index (χ4v) is 0.563. The van der Waals surface area contributed by atoms with Crippen molar-refractivity contribution in [2.75, 3.05) is 5.84 Å². The Morgan fingerprint density at radius 3 is 2.75 bits per heavy atom. The van der Waals surface area contributed by atoms with Gasteiger partial charge in [-0.25, -0.2) is 0 Å². The van der Waals surface area contributed by atoms with E-state index in [0.717, 1.165) is 5.69 Å². The Bertz CT molecular complexity index is 171. The third kappa shape index (κ3) is 0.675. The van der Waals surface area contributed by atoms with Crippen molar-refractivity contribution in [1.29, 1.82) is 0 Å². The van der Waals surface area contributed by atoms with Gasteiger partial charge in [0.05, 0.1) is 12.3 Å². The Hall–Kier alpha value is -0.960. The van der Waals surface area contributed by atoms with E-state index in [1.54, 1.807) is 18.3 Å². The molecule has 1 heterocycles. The number of hydrogen-bond acceptors (Lipinski definition) is 2. The largest absolute Gasteiger partial charge is 0.390 e. The molecule has 0 saturated heterocycles. The summed E-state index contributed by atoms with van der Waals surface area (Å²) in [7, 11) is 0. The third-order valence-electron chi connectivity index (χ3n) is 1.03. The Balaban J connectivity index is 2.92. The molecule has 0 saturated carbocycles. The van der Waals surface area contributed by atoms with Gasteiger partial charge in [0, 0.05) is 6.20 Å². The molecule has 1 aromatic heterocycles. The van der Waals surface area contributed by atoms with E-state index in [4.69, 9.17) is 10.9 Å². The molecule has 0 unspecified atom stereocenters. The van der Waals surface area contributed by atoms with Crippen LogP contribution in [0.3, 0.4) is 0 Å². The van der Waals surface area contributed by atoms with Crippen LogP contribution in [0.5, 0.6) is 0 Å². The zero-order valence-corrected chi connectivity index (χ0v) is 4.41. The van der Waals surface area contributed by atoms with Crippen molar-refractivity contribution in [3.05, 3.63) is 24.0 Å². The predicted molar refractivity (Wildman–Crippen MR) is 30.5 cm³/mol. The van der Waals surface area contributed by atoms with E-state index >= 15 is 0 Å². The normalized spacial score (nSPS) is 9.62. The number of hydrogen-bond donors (Lipinski definition) is 2. The zero-order valence-electron chi connectivity index (χ0n) is 4.41. The molecule has 0 spiro atoms. The average molecular weight is 112 g/mol. The molecule has 0 amide bonds. The van der Waals surface area contributed by atoms with Crippen LogP contribution in [0.2, 0.25) is 0 Å². The van der Waals surface area contributed by atoms with Gasteiger partial charge >= 0.3 is 0 Å². The average Bonchev–Trinajstić information content (AvgIpc) is 2.14. The van der Waals surface area contributed by atoms with Crippen molar-refractivity contribution in [2.45, 2.75) is 6.61 Å². The highest BCUT2D eigenvalue weighted by Gasteiger charge is 1.90. The van der Waals surface area contributed by atoms with E-state index < -0.39 is 0 Å². The van der Waals surface area contributed by atoms with Gasteiger partial charge in [0.25, 0.3) is 0 Å². The first-order valence-electron chi connectivity index (χ1n) is 2.37. The van der Waals surface area contributed by atoms with Gasteiger partial charge < -0.3 is 10.9 Å². The lowest BCUT2D eigenvalue weighted by Crippen LogP contribution is -2.09. The molecule has 0 aliphatic heterocycles. The Morgan fingerprint density at radius 2 is 2.50 bits per heavy atom. The summed E-state index contributed by atoms with van der Waals surface area (Å²) in [5, 5.41) is 8.51. The highest BCUT2D eigenvalue weighted by atomic mass is 16.3. The molecule has 0 atom stereocenters. The fourth-order valence-electron chi connectivity index (χ4n) is 0.563. The lowest BCUT2D eigenvalue weighted by molar-refractivity contribution is 0.274. The van der Waals surface area contributed by atoms with Crippen molar-refractivity contribution in [2.24, 2.45) is 0 Å². The lowest BCUT2D eigenvalue weighted by atomic mass is 10.5. The number of nitrogens with zero attached hydrogens (tertiary/aromatic N) is 1. The standard InChI is InChI=1S/C5H8N2O/c6-7-3-1-2-5(7)4-8/h1-3,8H,4,6H2. The summed E-state index contributed by atoms with van der Waals surface area (Å²) in [6.07, 6.45) is 1.69. The molecule has 0 aromatic carbocycles. The van der Waals surface area contributed by atoms with Gasteiger partial charge in [-0.3, -0.25) is 4.68 Å². The monoisotopic (exact) mass is 112 g/mol. The highest BCUT2D eigenvalue weighted by Crippen LogP contribution is 1.94. The number of nitrogen functional groups attached to an aromatic ring is 1. The molecule has 8 heavy (non-hydrogen) atoms. The van der Waals surface area contributed by atoms with Gasteiger partial charge in [0.1, 0.15) is 0 Å². The molecule has 3 heteroatoms. The second kappa shape index (κ2) is 1.88. The van der Waals surface area contributed by atoms with E-state index in [-0.39, 0.29) is 6.61 Å². The maximum absolute atomic E-state index is 8.51. The van der Waals surface area contributed by atoms with Crippen molar-refractivity contribution >= 4 is 0 Å². The minimum atomic E-state index is 0.00347. The van der Waals surface area contributed by atoms with Gasteiger partial charge in [-0.15, -0.1) is 0 Å². The Kier molecular flexibility index (Phi) is 1.22. The molecule has 3 nitrogen and oxygen atoms in total. The highest BCUT2D eigenvalue weighted by molar-refractivity contribution is 5.05. The molecule has 0 radical (unpaired) electrons. The summed E-state index contributed by atoms with van der Waals surface area (Å²) < 4.78 is 1.39. The van der Waals surface area contributed by atoms with Crippen LogP contribution >= 0.6 is 0 Å². The number of rotatable bonds is 1. The van der Waals surface area contributed by atoms with Crippen LogP contribution in [0.25, 0.3) is 0 Å². The van der Waals surface area contributed by atoms with Gasteiger partial charge in [-0.1, -0.05) is 0 Å². The summed E-state index contributed by atoms with van der Waals surface area (Å²) in [4.78, 5) is 0. The SMILES string of the molecule is Nn1cccc1CO. The minimum absolute atomic E-state index is 0.00347. The van der Waals surface area contributed by atoms with Crippen LogP contribution in [0.4, 0.5) is 0 Å². The molecule has 0 aliphatic carbocycles. The first-order valence-corrected chi connectivity index (χ1v) is 2.37. The maximum Gasteiger partial charge on any atom is 0.0852 e. The molecule has 0 aliphatic rings. The van der Waals surface area contributed by atoms with Crippen molar-refractivity contribution < 1.29 is 5.11 Å². The Labute approximate surface area is 47.3 Å². The summed E-state index contributed by atoms with van der Waals surface area (Å²) >= 11 is 0. The molecule has 0 bridgehead atoms. The minimum Gasteiger partial charge on any atom is -0.390 e. The first-order chi connectivity index (χ1) is 3.84. The van der Waals surface area contributed by atoms with E-state index in [0.29, 0.717) is 0 Å². The van der Waals surface area contributed by atoms with E-state index in [2.05, 4.69) is 0 Å². The fraction of sp³-hybridized carbons (Fsp3) is 0.200. The van der Waals surface area contributed by atoms with Gasteiger partial charge in [-0.05, 0) is 12.1 Å². The molecular formula is C5H8N2O. The number of aliphatic hydroxyl groups is 1.